The van der Waals surface area contributed by atoms with Crippen molar-refractivity contribution in [1.82, 2.24) is 10.6 Å². The molecule has 0 saturated carbocycles. The topological polar surface area (TPSA) is 45.7 Å². The van der Waals surface area contributed by atoms with Crippen LogP contribution < -0.4 is 15.4 Å². The van der Waals surface area contributed by atoms with Crippen LogP contribution in [0.3, 0.4) is 0 Å². The molecule has 0 radical (unpaired) electrons. The first kappa shape index (κ1) is 16.1. The van der Waals surface area contributed by atoms with Gasteiger partial charge in [-0.05, 0) is 17.7 Å². The Balaban J connectivity index is 2.37. The van der Waals surface area contributed by atoms with E-state index >= 15 is 0 Å². The summed E-state index contributed by atoms with van der Waals surface area (Å²) in [7, 11) is 3.09. The van der Waals surface area contributed by atoms with Gasteiger partial charge in [0, 0.05) is 20.1 Å². The maximum Gasteiger partial charge on any atom is 0.390 e. The van der Waals surface area contributed by atoms with Gasteiger partial charge >= 0.3 is 6.18 Å². The van der Waals surface area contributed by atoms with Gasteiger partial charge in [0.15, 0.2) is 5.96 Å². The van der Waals surface area contributed by atoms with Crippen LogP contribution >= 0.6 is 0 Å². The molecule has 0 aliphatic carbocycles. The second-order valence-electron chi connectivity index (χ2n) is 4.07. The van der Waals surface area contributed by atoms with E-state index in [0.717, 1.165) is 11.3 Å². The Morgan fingerprint density at radius 3 is 2.35 bits per heavy atom. The van der Waals surface area contributed by atoms with Crippen LogP contribution in [0.15, 0.2) is 29.3 Å². The number of halogens is 3. The molecule has 0 aliphatic heterocycles. The minimum Gasteiger partial charge on any atom is -0.497 e. The third-order valence-corrected chi connectivity index (χ3v) is 2.54. The lowest BCUT2D eigenvalue weighted by molar-refractivity contribution is -0.132. The van der Waals surface area contributed by atoms with E-state index in [1.54, 1.807) is 7.11 Å². The van der Waals surface area contributed by atoms with Gasteiger partial charge in [-0.3, -0.25) is 4.99 Å². The van der Waals surface area contributed by atoms with Gasteiger partial charge in [0.2, 0.25) is 0 Å². The first-order valence-electron chi connectivity index (χ1n) is 6.09. The Morgan fingerprint density at radius 1 is 1.20 bits per heavy atom. The molecule has 0 unspecified atom stereocenters. The molecule has 0 heterocycles. The second kappa shape index (κ2) is 7.62. The van der Waals surface area contributed by atoms with E-state index in [-0.39, 0.29) is 6.54 Å². The molecule has 20 heavy (non-hydrogen) atoms. The van der Waals surface area contributed by atoms with E-state index in [1.165, 1.54) is 7.05 Å². The molecule has 0 spiro atoms. The number of methoxy groups -OCH3 is 1. The number of alkyl halides is 3. The summed E-state index contributed by atoms with van der Waals surface area (Å²) in [5.74, 6) is 1.09. The smallest absolute Gasteiger partial charge is 0.390 e. The number of nitrogens with one attached hydrogen (secondary N) is 2. The standard InChI is InChI=1S/C13H18F3N3O/c1-17-12(18-8-7-13(14,15)16)19-9-10-3-5-11(20-2)6-4-10/h3-6H,7-9H2,1-2H3,(H2,17,18,19). The maximum absolute atomic E-state index is 12.0. The Bertz CT molecular complexity index is 429. The molecule has 1 rings (SSSR count). The number of hydrogen-bond acceptors (Lipinski definition) is 2. The molecular formula is C13H18F3N3O. The molecule has 0 atom stereocenters. The molecule has 2 N–H and O–H groups in total. The maximum atomic E-state index is 12.0. The molecule has 0 fully saturated rings. The van der Waals surface area contributed by atoms with Crippen molar-refractivity contribution in [2.75, 3.05) is 20.7 Å². The highest BCUT2D eigenvalue weighted by molar-refractivity contribution is 5.79. The van der Waals surface area contributed by atoms with E-state index < -0.39 is 12.6 Å². The van der Waals surface area contributed by atoms with Gasteiger partial charge < -0.3 is 15.4 Å². The largest absolute Gasteiger partial charge is 0.497 e. The SMILES string of the molecule is CN=C(NCCC(F)(F)F)NCc1ccc(OC)cc1. The van der Waals surface area contributed by atoms with Gasteiger partial charge in [0.05, 0.1) is 13.5 Å². The summed E-state index contributed by atoms with van der Waals surface area (Å²) in [5, 5.41) is 5.55. The summed E-state index contributed by atoms with van der Waals surface area (Å²) in [5.41, 5.74) is 0.976. The van der Waals surface area contributed by atoms with Gasteiger partial charge in [-0.15, -0.1) is 0 Å². The van der Waals surface area contributed by atoms with Crippen molar-refractivity contribution in [3.63, 3.8) is 0 Å². The number of nitrogens with zero attached hydrogens (tertiary/aromatic N) is 1. The minimum atomic E-state index is -4.16. The summed E-state index contributed by atoms with van der Waals surface area (Å²) in [6.07, 6.45) is -5.06. The van der Waals surface area contributed by atoms with E-state index in [2.05, 4.69) is 15.6 Å². The summed E-state index contributed by atoms with van der Waals surface area (Å²) in [4.78, 5) is 3.86. The molecule has 1 aromatic carbocycles. The zero-order valence-corrected chi connectivity index (χ0v) is 11.4. The molecule has 112 valence electrons. The number of ether oxygens (including phenoxy) is 1. The quantitative estimate of drug-likeness (QED) is 0.646. The van der Waals surface area contributed by atoms with Crippen molar-refractivity contribution in [2.45, 2.75) is 19.1 Å². The predicted molar refractivity (Wildman–Crippen MR) is 71.9 cm³/mol. The molecule has 0 aromatic heterocycles. The van der Waals surface area contributed by atoms with E-state index in [1.807, 2.05) is 24.3 Å². The molecule has 1 aromatic rings. The Morgan fingerprint density at radius 2 is 1.85 bits per heavy atom. The van der Waals surface area contributed by atoms with Crippen LogP contribution in [-0.2, 0) is 6.54 Å². The van der Waals surface area contributed by atoms with Gasteiger partial charge in [-0.2, -0.15) is 13.2 Å². The Labute approximate surface area is 116 Å². The third kappa shape index (κ3) is 6.31. The lowest BCUT2D eigenvalue weighted by Crippen LogP contribution is -2.38. The lowest BCUT2D eigenvalue weighted by Gasteiger charge is -2.13. The van der Waals surface area contributed by atoms with Gasteiger partial charge in [-0.25, -0.2) is 0 Å². The Hall–Kier alpha value is -1.92. The Kier molecular flexibility index (Phi) is 6.14. The number of hydrogen-bond donors (Lipinski definition) is 2. The van der Waals surface area contributed by atoms with Crippen molar-refractivity contribution in [1.29, 1.82) is 0 Å². The molecule has 7 heteroatoms. The molecule has 0 amide bonds. The molecule has 0 aliphatic rings. The van der Waals surface area contributed by atoms with Crippen LogP contribution in [0.25, 0.3) is 0 Å². The van der Waals surface area contributed by atoms with Crippen LogP contribution in [0.1, 0.15) is 12.0 Å². The highest BCUT2D eigenvalue weighted by atomic mass is 19.4. The summed E-state index contributed by atoms with van der Waals surface area (Å²) in [6.45, 7) is 0.265. The van der Waals surface area contributed by atoms with Crippen LogP contribution in [0.5, 0.6) is 5.75 Å². The monoisotopic (exact) mass is 289 g/mol. The lowest BCUT2D eigenvalue weighted by atomic mass is 10.2. The van der Waals surface area contributed by atoms with E-state index in [0.29, 0.717) is 12.5 Å². The normalized spacial score (nSPS) is 12.2. The average molecular weight is 289 g/mol. The van der Waals surface area contributed by atoms with Crippen LogP contribution in [0.2, 0.25) is 0 Å². The fourth-order valence-electron chi connectivity index (χ4n) is 1.47. The highest BCUT2D eigenvalue weighted by Gasteiger charge is 2.26. The van der Waals surface area contributed by atoms with Crippen molar-refractivity contribution in [3.05, 3.63) is 29.8 Å². The van der Waals surface area contributed by atoms with E-state index in [4.69, 9.17) is 4.74 Å². The van der Waals surface area contributed by atoms with Crippen molar-refractivity contribution >= 4 is 5.96 Å². The summed E-state index contributed by atoms with van der Waals surface area (Å²) < 4.78 is 41.1. The molecule has 0 bridgehead atoms. The first-order chi connectivity index (χ1) is 9.44. The zero-order chi connectivity index (χ0) is 15.0. The molecular weight excluding hydrogens is 271 g/mol. The number of benzene rings is 1. The summed E-state index contributed by atoms with van der Waals surface area (Å²) >= 11 is 0. The van der Waals surface area contributed by atoms with Crippen LogP contribution in [0.4, 0.5) is 13.2 Å². The second-order valence-corrected chi connectivity index (χ2v) is 4.07. The van der Waals surface area contributed by atoms with Crippen molar-refractivity contribution in [3.8, 4) is 5.75 Å². The van der Waals surface area contributed by atoms with Crippen molar-refractivity contribution in [2.24, 2.45) is 4.99 Å². The van der Waals surface area contributed by atoms with E-state index in [9.17, 15) is 13.2 Å². The minimum absolute atomic E-state index is 0.203. The number of guanidine groups is 1. The molecule has 0 saturated heterocycles. The molecule has 4 nitrogen and oxygen atoms in total. The number of rotatable bonds is 5. The fourth-order valence-corrected chi connectivity index (χ4v) is 1.47. The third-order valence-electron chi connectivity index (χ3n) is 2.54. The first-order valence-corrected chi connectivity index (χ1v) is 6.09. The van der Waals surface area contributed by atoms with Crippen LogP contribution in [-0.4, -0.2) is 32.8 Å². The van der Waals surface area contributed by atoms with Gasteiger partial charge in [-0.1, -0.05) is 12.1 Å². The van der Waals surface area contributed by atoms with Gasteiger partial charge in [0.1, 0.15) is 5.75 Å². The predicted octanol–water partition coefficient (Wildman–Crippen LogP) is 2.31. The van der Waals surface area contributed by atoms with Crippen molar-refractivity contribution < 1.29 is 17.9 Å². The van der Waals surface area contributed by atoms with Crippen LogP contribution in [0, 0.1) is 0 Å². The van der Waals surface area contributed by atoms with Gasteiger partial charge in [0.25, 0.3) is 0 Å². The summed E-state index contributed by atoms with van der Waals surface area (Å²) in [6, 6.07) is 7.37. The average Bonchev–Trinajstić information content (AvgIpc) is 2.42. The number of aliphatic imine (C=N–C) groups is 1. The zero-order valence-electron chi connectivity index (χ0n) is 11.4. The highest BCUT2D eigenvalue weighted by Crippen LogP contribution is 2.18. The fraction of sp³-hybridized carbons (Fsp3) is 0.462.